The predicted octanol–water partition coefficient (Wildman–Crippen LogP) is 4.36. The van der Waals surface area contributed by atoms with E-state index in [-0.39, 0.29) is 21.6 Å². The number of benzene rings is 2. The standard InChI is InChI=1S/C20H17NO3S2/c1-13-7-9-14(10-8-13)16-11-18(22)21-19-17(12-25-20(16)19)26(23,24)15-5-3-2-4-6-15/h2-10,12,16H,11H2,1H3,(H,21,22)/t16-/m1/s1. The van der Waals surface area contributed by atoms with Gasteiger partial charge in [0.15, 0.2) is 0 Å². The number of carbonyl (C=O) groups is 1. The zero-order valence-electron chi connectivity index (χ0n) is 14.1. The molecule has 4 nitrogen and oxygen atoms in total. The predicted molar refractivity (Wildman–Crippen MR) is 102 cm³/mol. The Kier molecular flexibility index (Phi) is 4.17. The van der Waals surface area contributed by atoms with Crippen LogP contribution < -0.4 is 5.32 Å². The van der Waals surface area contributed by atoms with Crippen LogP contribution in [0.5, 0.6) is 0 Å². The molecule has 0 fully saturated rings. The van der Waals surface area contributed by atoms with E-state index in [1.807, 2.05) is 31.2 Å². The quantitative estimate of drug-likeness (QED) is 0.731. The summed E-state index contributed by atoms with van der Waals surface area (Å²) in [5.74, 6) is -0.282. The first-order valence-electron chi connectivity index (χ1n) is 8.25. The summed E-state index contributed by atoms with van der Waals surface area (Å²) < 4.78 is 26.0. The molecule has 3 aromatic rings. The van der Waals surface area contributed by atoms with Crippen molar-refractivity contribution in [2.75, 3.05) is 5.32 Å². The SMILES string of the molecule is Cc1ccc([C@H]2CC(=O)Nc3c(S(=O)(=O)c4ccccc4)csc32)cc1. The van der Waals surface area contributed by atoms with Crippen LogP contribution in [-0.2, 0) is 14.6 Å². The van der Waals surface area contributed by atoms with E-state index in [1.54, 1.807) is 35.7 Å². The molecular weight excluding hydrogens is 366 g/mol. The third-order valence-corrected chi connectivity index (χ3v) is 7.62. The summed E-state index contributed by atoms with van der Waals surface area (Å²) in [7, 11) is -3.68. The van der Waals surface area contributed by atoms with Gasteiger partial charge in [0.05, 0.1) is 10.6 Å². The van der Waals surface area contributed by atoms with Crippen LogP contribution in [-0.4, -0.2) is 14.3 Å². The number of fused-ring (bicyclic) bond motifs is 1. The average Bonchev–Trinajstić information content (AvgIpc) is 3.07. The summed E-state index contributed by atoms with van der Waals surface area (Å²) in [6.07, 6.45) is 0.321. The van der Waals surface area contributed by atoms with Crippen LogP contribution in [0.4, 0.5) is 5.69 Å². The number of hydrogen-bond donors (Lipinski definition) is 1. The minimum atomic E-state index is -3.68. The van der Waals surface area contributed by atoms with Gasteiger partial charge in [0, 0.05) is 22.6 Å². The highest BCUT2D eigenvalue weighted by Crippen LogP contribution is 2.45. The smallest absolute Gasteiger partial charge is 0.225 e. The van der Waals surface area contributed by atoms with E-state index in [9.17, 15) is 13.2 Å². The lowest BCUT2D eigenvalue weighted by Crippen LogP contribution is -2.23. The maximum Gasteiger partial charge on any atom is 0.225 e. The molecule has 2 heterocycles. The number of amides is 1. The Labute approximate surface area is 156 Å². The number of nitrogens with one attached hydrogen (secondary N) is 1. The van der Waals surface area contributed by atoms with Gasteiger partial charge in [-0.15, -0.1) is 11.3 Å². The molecule has 1 aromatic heterocycles. The lowest BCUT2D eigenvalue weighted by molar-refractivity contribution is -0.116. The minimum absolute atomic E-state index is 0.121. The molecule has 132 valence electrons. The van der Waals surface area contributed by atoms with Gasteiger partial charge < -0.3 is 5.32 Å². The highest BCUT2D eigenvalue weighted by atomic mass is 32.2. The number of aryl methyl sites for hydroxylation is 1. The van der Waals surface area contributed by atoms with Crippen molar-refractivity contribution in [1.82, 2.24) is 0 Å². The van der Waals surface area contributed by atoms with Gasteiger partial charge in [-0.1, -0.05) is 48.0 Å². The summed E-state index contributed by atoms with van der Waals surface area (Å²) >= 11 is 1.39. The van der Waals surface area contributed by atoms with Gasteiger partial charge in [-0.3, -0.25) is 4.79 Å². The van der Waals surface area contributed by atoms with Crippen molar-refractivity contribution in [1.29, 1.82) is 0 Å². The molecule has 1 aliphatic heterocycles. The molecular formula is C20H17NO3S2. The second-order valence-corrected chi connectivity index (χ2v) is 9.20. The molecule has 1 amide bonds. The van der Waals surface area contributed by atoms with E-state index in [4.69, 9.17) is 0 Å². The van der Waals surface area contributed by atoms with Crippen LogP contribution in [0, 0.1) is 6.92 Å². The topological polar surface area (TPSA) is 63.2 Å². The van der Waals surface area contributed by atoms with Crippen molar-refractivity contribution in [3.63, 3.8) is 0 Å². The van der Waals surface area contributed by atoms with E-state index in [1.165, 1.54) is 11.3 Å². The molecule has 6 heteroatoms. The summed E-state index contributed by atoms with van der Waals surface area (Å²) in [5, 5.41) is 4.43. The number of rotatable bonds is 3. The highest BCUT2D eigenvalue weighted by molar-refractivity contribution is 7.91. The molecule has 0 spiro atoms. The van der Waals surface area contributed by atoms with E-state index in [0.717, 1.165) is 16.0 Å². The van der Waals surface area contributed by atoms with Crippen molar-refractivity contribution >= 4 is 32.8 Å². The average molecular weight is 383 g/mol. The Bertz CT molecular complexity index is 1070. The Balaban J connectivity index is 1.83. The minimum Gasteiger partial charge on any atom is -0.324 e. The monoisotopic (exact) mass is 383 g/mol. The second kappa shape index (κ2) is 6.37. The van der Waals surface area contributed by atoms with Crippen molar-refractivity contribution < 1.29 is 13.2 Å². The lowest BCUT2D eigenvalue weighted by atomic mass is 9.90. The van der Waals surface area contributed by atoms with Crippen LogP contribution in [0.25, 0.3) is 0 Å². The van der Waals surface area contributed by atoms with Crippen molar-refractivity contribution in [2.24, 2.45) is 0 Å². The number of thiophene rings is 1. The maximum atomic E-state index is 13.0. The molecule has 0 aliphatic carbocycles. The molecule has 4 rings (SSSR count). The largest absolute Gasteiger partial charge is 0.324 e. The first kappa shape index (κ1) is 17.0. The third kappa shape index (κ3) is 2.85. The second-order valence-electron chi connectivity index (χ2n) is 6.37. The molecule has 0 radical (unpaired) electrons. The van der Waals surface area contributed by atoms with Crippen molar-refractivity contribution in [3.05, 3.63) is 76.0 Å². The Morgan fingerprint density at radius 1 is 1.04 bits per heavy atom. The Hall–Kier alpha value is -2.44. The van der Waals surface area contributed by atoms with E-state index < -0.39 is 9.84 Å². The normalized spacial score (nSPS) is 16.8. The highest BCUT2D eigenvalue weighted by Gasteiger charge is 2.34. The molecule has 0 saturated heterocycles. The number of sulfone groups is 1. The van der Waals surface area contributed by atoms with Gasteiger partial charge in [-0.05, 0) is 24.6 Å². The fourth-order valence-electron chi connectivity index (χ4n) is 3.20. The van der Waals surface area contributed by atoms with Gasteiger partial charge in [0.25, 0.3) is 0 Å². The van der Waals surface area contributed by atoms with Crippen molar-refractivity contribution in [3.8, 4) is 0 Å². The van der Waals surface area contributed by atoms with Crippen LogP contribution in [0.1, 0.15) is 28.3 Å². The number of hydrogen-bond acceptors (Lipinski definition) is 4. The van der Waals surface area contributed by atoms with Crippen molar-refractivity contribution in [2.45, 2.75) is 29.1 Å². The van der Waals surface area contributed by atoms with Gasteiger partial charge in [-0.25, -0.2) is 8.42 Å². The van der Waals surface area contributed by atoms with Gasteiger partial charge in [-0.2, -0.15) is 0 Å². The molecule has 1 aliphatic rings. The van der Waals surface area contributed by atoms with E-state index >= 15 is 0 Å². The van der Waals surface area contributed by atoms with Crippen LogP contribution >= 0.6 is 11.3 Å². The first-order valence-corrected chi connectivity index (χ1v) is 10.6. The van der Waals surface area contributed by atoms with Gasteiger partial charge in [0.1, 0.15) is 4.90 Å². The van der Waals surface area contributed by atoms with Gasteiger partial charge >= 0.3 is 0 Å². The van der Waals surface area contributed by atoms with E-state index in [2.05, 4.69) is 5.32 Å². The molecule has 0 bridgehead atoms. The van der Waals surface area contributed by atoms with Crippen LogP contribution in [0.2, 0.25) is 0 Å². The van der Waals surface area contributed by atoms with Crippen LogP contribution in [0.15, 0.2) is 69.8 Å². The number of carbonyl (C=O) groups excluding carboxylic acids is 1. The van der Waals surface area contributed by atoms with Gasteiger partial charge in [0.2, 0.25) is 15.7 Å². The van der Waals surface area contributed by atoms with E-state index in [0.29, 0.717) is 12.1 Å². The third-order valence-electron chi connectivity index (χ3n) is 4.58. The molecule has 0 saturated carbocycles. The fourth-order valence-corrected chi connectivity index (χ4v) is 6.13. The summed E-state index contributed by atoms with van der Waals surface area (Å²) in [6.45, 7) is 2.01. The molecule has 1 N–H and O–H groups in total. The summed E-state index contributed by atoms with van der Waals surface area (Å²) in [6, 6.07) is 16.3. The molecule has 26 heavy (non-hydrogen) atoms. The summed E-state index contributed by atoms with van der Waals surface area (Å²) in [5.41, 5.74) is 2.60. The Morgan fingerprint density at radius 3 is 2.42 bits per heavy atom. The molecule has 1 atom stereocenters. The zero-order valence-corrected chi connectivity index (χ0v) is 15.7. The first-order chi connectivity index (χ1) is 12.5. The molecule has 2 aromatic carbocycles. The lowest BCUT2D eigenvalue weighted by Gasteiger charge is -2.24. The number of anilines is 1. The fraction of sp³-hybridized carbons (Fsp3) is 0.150. The maximum absolute atomic E-state index is 13.0. The zero-order chi connectivity index (χ0) is 18.3. The Morgan fingerprint density at radius 2 is 1.73 bits per heavy atom. The van der Waals surface area contributed by atoms with Crippen LogP contribution in [0.3, 0.4) is 0 Å². The molecule has 0 unspecified atom stereocenters. The summed E-state index contributed by atoms with van der Waals surface area (Å²) in [4.78, 5) is 13.6.